The van der Waals surface area contributed by atoms with Crippen molar-refractivity contribution >= 4 is 23.5 Å². The van der Waals surface area contributed by atoms with Gasteiger partial charge < -0.3 is 15.4 Å². The number of amides is 2. The first-order valence-electron chi connectivity index (χ1n) is 9.55. The summed E-state index contributed by atoms with van der Waals surface area (Å²) in [5.41, 5.74) is 0.863. The Morgan fingerprint density at radius 3 is 2.33 bits per heavy atom. The Kier molecular flexibility index (Phi) is 8.46. The van der Waals surface area contributed by atoms with Crippen molar-refractivity contribution in [1.29, 1.82) is 0 Å². The van der Waals surface area contributed by atoms with Crippen LogP contribution < -0.4 is 10.6 Å². The minimum absolute atomic E-state index is 0.0184. The lowest BCUT2D eigenvalue weighted by Gasteiger charge is -2.21. The van der Waals surface area contributed by atoms with Crippen LogP contribution in [0.2, 0.25) is 0 Å². The normalized spacial score (nSPS) is 12.5. The predicted molar refractivity (Wildman–Crippen MR) is 108 cm³/mol. The molecule has 2 aromatic carbocycles. The van der Waals surface area contributed by atoms with Crippen molar-refractivity contribution in [3.8, 4) is 0 Å². The number of nitrogens with one attached hydrogen (secondary N) is 2. The molecule has 0 fully saturated rings. The number of carbonyl (C=O) groups is 3. The number of benzene rings is 2. The summed E-state index contributed by atoms with van der Waals surface area (Å²) < 4.78 is 31.2. The van der Waals surface area contributed by atoms with Gasteiger partial charge in [-0.05, 0) is 23.6 Å². The van der Waals surface area contributed by atoms with E-state index in [9.17, 15) is 23.2 Å². The molecule has 0 radical (unpaired) electrons. The Morgan fingerprint density at radius 1 is 1.00 bits per heavy atom. The second kappa shape index (κ2) is 11.0. The van der Waals surface area contributed by atoms with Crippen LogP contribution in [0.15, 0.2) is 48.5 Å². The zero-order valence-electron chi connectivity index (χ0n) is 16.8. The Morgan fingerprint density at radius 2 is 1.70 bits per heavy atom. The van der Waals surface area contributed by atoms with Crippen LogP contribution in [0, 0.1) is 17.6 Å². The molecule has 0 aliphatic rings. The summed E-state index contributed by atoms with van der Waals surface area (Å²) in [6, 6.07) is 12.1. The monoisotopic (exact) mass is 418 g/mol. The van der Waals surface area contributed by atoms with Crippen molar-refractivity contribution in [2.75, 3.05) is 18.5 Å². The quantitative estimate of drug-likeness (QED) is 0.612. The average molecular weight is 418 g/mol. The van der Waals surface area contributed by atoms with Gasteiger partial charge in [0.1, 0.15) is 0 Å². The van der Waals surface area contributed by atoms with Gasteiger partial charge in [0.05, 0.1) is 12.5 Å². The fraction of sp³-hybridized carbons (Fsp3) is 0.318. The maximum absolute atomic E-state index is 13.1. The lowest BCUT2D eigenvalue weighted by molar-refractivity contribution is -0.151. The van der Waals surface area contributed by atoms with Crippen LogP contribution in [0.5, 0.6) is 0 Å². The van der Waals surface area contributed by atoms with Crippen LogP contribution in [-0.4, -0.2) is 30.9 Å². The van der Waals surface area contributed by atoms with Gasteiger partial charge in [0, 0.05) is 11.8 Å². The molecular formula is C22H24F2N2O4. The molecule has 0 saturated heterocycles. The number of esters is 1. The van der Waals surface area contributed by atoms with E-state index in [1.54, 1.807) is 0 Å². The molecule has 0 aromatic heterocycles. The van der Waals surface area contributed by atoms with Gasteiger partial charge in [-0.2, -0.15) is 0 Å². The number of carbonyl (C=O) groups excluding carboxylic acids is 3. The summed E-state index contributed by atoms with van der Waals surface area (Å²) >= 11 is 0. The average Bonchev–Trinajstić information content (AvgIpc) is 2.74. The molecule has 2 aromatic rings. The number of anilines is 1. The van der Waals surface area contributed by atoms with Crippen molar-refractivity contribution in [3.05, 3.63) is 65.7 Å². The van der Waals surface area contributed by atoms with E-state index >= 15 is 0 Å². The van der Waals surface area contributed by atoms with Crippen molar-refractivity contribution < 1.29 is 27.9 Å². The standard InChI is InChI=1S/C22H24F2N2O4/c1-3-14(2)21(15-7-5-4-6-8-15)22(29)30-13-20(28)25-12-19(27)26-16-9-10-17(23)18(24)11-16/h4-11,14,21H,3,12-13H2,1-2H3,(H,25,28)(H,26,27)/t14-,21+/m0/s1. The van der Waals surface area contributed by atoms with Gasteiger partial charge in [0.2, 0.25) is 5.91 Å². The van der Waals surface area contributed by atoms with Gasteiger partial charge in [-0.25, -0.2) is 8.78 Å². The van der Waals surface area contributed by atoms with Gasteiger partial charge in [-0.15, -0.1) is 0 Å². The molecule has 0 saturated carbocycles. The van der Waals surface area contributed by atoms with Crippen molar-refractivity contribution in [3.63, 3.8) is 0 Å². The SMILES string of the molecule is CC[C@H](C)[C@@H](C(=O)OCC(=O)NCC(=O)Nc1ccc(F)c(F)c1)c1ccccc1. The van der Waals surface area contributed by atoms with E-state index in [2.05, 4.69) is 10.6 Å². The van der Waals surface area contributed by atoms with Crippen LogP contribution in [0.1, 0.15) is 31.7 Å². The first kappa shape index (κ1) is 23.0. The van der Waals surface area contributed by atoms with Gasteiger partial charge >= 0.3 is 5.97 Å². The van der Waals surface area contributed by atoms with Gasteiger partial charge in [-0.1, -0.05) is 50.6 Å². The maximum Gasteiger partial charge on any atom is 0.314 e. The minimum atomic E-state index is -1.10. The van der Waals surface area contributed by atoms with E-state index in [0.717, 1.165) is 24.1 Å². The van der Waals surface area contributed by atoms with Gasteiger partial charge in [-0.3, -0.25) is 14.4 Å². The van der Waals surface area contributed by atoms with E-state index < -0.39 is 48.5 Å². The molecule has 0 heterocycles. The highest BCUT2D eigenvalue weighted by Crippen LogP contribution is 2.28. The van der Waals surface area contributed by atoms with E-state index in [1.165, 1.54) is 6.07 Å². The molecule has 0 unspecified atom stereocenters. The molecule has 6 nitrogen and oxygen atoms in total. The molecule has 8 heteroatoms. The fourth-order valence-corrected chi connectivity index (χ4v) is 2.83. The largest absolute Gasteiger partial charge is 0.455 e. The van der Waals surface area contributed by atoms with Crippen molar-refractivity contribution in [1.82, 2.24) is 5.32 Å². The third kappa shape index (κ3) is 6.65. The third-order valence-electron chi connectivity index (χ3n) is 4.62. The molecule has 2 N–H and O–H groups in total. The van der Waals surface area contributed by atoms with E-state index in [1.807, 2.05) is 44.2 Å². The Hall–Kier alpha value is -3.29. The summed E-state index contributed by atoms with van der Waals surface area (Å²) in [5.74, 6) is -4.42. The van der Waals surface area contributed by atoms with Crippen LogP contribution in [0.3, 0.4) is 0 Å². The number of hydrogen-bond donors (Lipinski definition) is 2. The number of hydrogen-bond acceptors (Lipinski definition) is 4. The van der Waals surface area contributed by atoms with E-state index in [-0.39, 0.29) is 11.6 Å². The highest BCUT2D eigenvalue weighted by molar-refractivity contribution is 5.94. The van der Waals surface area contributed by atoms with E-state index in [4.69, 9.17) is 4.74 Å². The molecule has 2 rings (SSSR count). The van der Waals surface area contributed by atoms with Crippen molar-refractivity contribution in [2.24, 2.45) is 5.92 Å². The Balaban J connectivity index is 1.83. The van der Waals surface area contributed by atoms with Crippen LogP contribution in [0.25, 0.3) is 0 Å². The maximum atomic E-state index is 13.1. The van der Waals surface area contributed by atoms with Crippen molar-refractivity contribution in [2.45, 2.75) is 26.2 Å². The first-order valence-corrected chi connectivity index (χ1v) is 9.55. The molecule has 0 aliphatic heterocycles. The summed E-state index contributed by atoms with van der Waals surface area (Å²) in [6.45, 7) is 2.95. The second-order valence-electron chi connectivity index (χ2n) is 6.84. The summed E-state index contributed by atoms with van der Waals surface area (Å²) in [4.78, 5) is 36.3. The highest BCUT2D eigenvalue weighted by atomic mass is 19.2. The van der Waals surface area contributed by atoms with Crippen LogP contribution in [0.4, 0.5) is 14.5 Å². The summed E-state index contributed by atoms with van der Waals surface area (Å²) in [7, 11) is 0. The van der Waals surface area contributed by atoms with Gasteiger partial charge in [0.15, 0.2) is 18.2 Å². The van der Waals surface area contributed by atoms with Crippen LogP contribution in [-0.2, 0) is 19.1 Å². The zero-order chi connectivity index (χ0) is 22.1. The Bertz CT molecular complexity index is 890. The van der Waals surface area contributed by atoms with Crippen LogP contribution >= 0.6 is 0 Å². The summed E-state index contributed by atoms with van der Waals surface area (Å²) in [5, 5.41) is 4.63. The molecule has 0 spiro atoms. The fourth-order valence-electron chi connectivity index (χ4n) is 2.83. The number of ether oxygens (including phenoxy) is 1. The van der Waals surface area contributed by atoms with Gasteiger partial charge in [0.25, 0.3) is 5.91 Å². The molecule has 2 atom stereocenters. The molecule has 2 amide bonds. The molecule has 30 heavy (non-hydrogen) atoms. The first-order chi connectivity index (χ1) is 14.3. The Labute approximate surface area is 173 Å². The lowest BCUT2D eigenvalue weighted by atomic mass is 9.86. The third-order valence-corrected chi connectivity index (χ3v) is 4.62. The number of rotatable bonds is 9. The predicted octanol–water partition coefficient (Wildman–Crippen LogP) is 3.39. The minimum Gasteiger partial charge on any atom is -0.455 e. The smallest absolute Gasteiger partial charge is 0.314 e. The zero-order valence-corrected chi connectivity index (χ0v) is 16.8. The molecule has 0 bridgehead atoms. The second-order valence-corrected chi connectivity index (χ2v) is 6.84. The molecule has 160 valence electrons. The van der Waals surface area contributed by atoms with E-state index in [0.29, 0.717) is 0 Å². The highest BCUT2D eigenvalue weighted by Gasteiger charge is 2.27. The lowest BCUT2D eigenvalue weighted by Crippen LogP contribution is -2.36. The molecule has 0 aliphatic carbocycles. The topological polar surface area (TPSA) is 84.5 Å². The number of halogens is 2. The molecular weight excluding hydrogens is 394 g/mol. The summed E-state index contributed by atoms with van der Waals surface area (Å²) in [6.07, 6.45) is 0.755.